The summed E-state index contributed by atoms with van der Waals surface area (Å²) in [6.07, 6.45) is 5.17. The zero-order valence-electron chi connectivity index (χ0n) is 16.0. The van der Waals surface area contributed by atoms with Gasteiger partial charge >= 0.3 is 0 Å². The molecule has 0 unspecified atom stereocenters. The molecule has 1 N–H and O–H groups in total. The normalized spacial score (nSPS) is 25.9. The minimum absolute atomic E-state index is 0.0765. The SMILES string of the molecule is COC1=CC=C[C@H]2[C@H](N(C)C)c3onc(OCc4ccccc4)c3C(=O)[C@@]12O. The van der Waals surface area contributed by atoms with Gasteiger partial charge in [-0.2, -0.15) is 0 Å². The zero-order valence-corrected chi connectivity index (χ0v) is 16.0. The number of fused-ring (bicyclic) bond motifs is 2. The van der Waals surface area contributed by atoms with Crippen molar-refractivity contribution in [2.75, 3.05) is 21.2 Å². The predicted molar refractivity (Wildman–Crippen MR) is 101 cm³/mol. The van der Waals surface area contributed by atoms with Gasteiger partial charge in [0.2, 0.25) is 5.78 Å². The molecule has 7 nitrogen and oxygen atoms in total. The van der Waals surface area contributed by atoms with E-state index in [2.05, 4.69) is 5.16 Å². The molecule has 3 atom stereocenters. The summed E-state index contributed by atoms with van der Waals surface area (Å²) >= 11 is 0. The van der Waals surface area contributed by atoms with Crippen molar-refractivity contribution in [1.82, 2.24) is 10.1 Å². The van der Waals surface area contributed by atoms with Crippen molar-refractivity contribution in [3.8, 4) is 5.88 Å². The highest BCUT2D eigenvalue weighted by Gasteiger charge is 2.59. The van der Waals surface area contributed by atoms with Crippen LogP contribution in [0.15, 0.2) is 58.8 Å². The molecule has 2 aliphatic carbocycles. The van der Waals surface area contributed by atoms with Crippen LogP contribution in [0.3, 0.4) is 0 Å². The summed E-state index contributed by atoms with van der Waals surface area (Å²) in [7, 11) is 5.15. The highest BCUT2D eigenvalue weighted by atomic mass is 16.5. The molecule has 0 aliphatic heterocycles. The van der Waals surface area contributed by atoms with E-state index in [1.807, 2.05) is 49.3 Å². The van der Waals surface area contributed by atoms with Crippen LogP contribution in [0.1, 0.15) is 27.7 Å². The third-order valence-corrected chi connectivity index (χ3v) is 5.29. The van der Waals surface area contributed by atoms with Gasteiger partial charge in [-0.3, -0.25) is 9.69 Å². The van der Waals surface area contributed by atoms with Gasteiger partial charge in [0.1, 0.15) is 17.9 Å². The number of carbonyl (C=O) groups is 1. The summed E-state index contributed by atoms with van der Waals surface area (Å²) in [5.74, 6) is -0.454. The molecule has 0 saturated carbocycles. The Labute approximate surface area is 162 Å². The van der Waals surface area contributed by atoms with Gasteiger partial charge in [0.15, 0.2) is 11.4 Å². The molecule has 4 rings (SSSR count). The van der Waals surface area contributed by atoms with E-state index in [9.17, 15) is 9.90 Å². The number of ether oxygens (including phenoxy) is 2. The first kappa shape index (κ1) is 18.5. The molecule has 2 aliphatic rings. The second-order valence-corrected chi connectivity index (χ2v) is 7.15. The van der Waals surface area contributed by atoms with Crippen LogP contribution in [-0.2, 0) is 11.3 Å². The molecule has 2 aromatic rings. The Balaban J connectivity index is 1.77. The first-order valence-electron chi connectivity index (χ1n) is 9.01. The van der Waals surface area contributed by atoms with Gasteiger partial charge in [-0.15, -0.1) is 0 Å². The number of aliphatic hydroxyl groups is 1. The number of nitrogens with zero attached hydrogens (tertiary/aromatic N) is 2. The topological polar surface area (TPSA) is 85.0 Å². The Kier molecular flexibility index (Phi) is 4.56. The average molecular weight is 382 g/mol. The van der Waals surface area contributed by atoms with Crippen LogP contribution in [0.2, 0.25) is 0 Å². The van der Waals surface area contributed by atoms with Crippen LogP contribution < -0.4 is 4.74 Å². The van der Waals surface area contributed by atoms with Gasteiger partial charge in [-0.05, 0) is 30.9 Å². The number of hydrogen-bond acceptors (Lipinski definition) is 7. The van der Waals surface area contributed by atoms with Gasteiger partial charge in [0.25, 0.3) is 5.88 Å². The van der Waals surface area contributed by atoms with Gasteiger partial charge in [0.05, 0.1) is 13.2 Å². The fourth-order valence-electron chi connectivity index (χ4n) is 3.95. The van der Waals surface area contributed by atoms with E-state index in [0.717, 1.165) is 5.56 Å². The molecule has 0 saturated heterocycles. The van der Waals surface area contributed by atoms with E-state index in [0.29, 0.717) is 5.76 Å². The third-order valence-electron chi connectivity index (χ3n) is 5.29. The largest absolute Gasteiger partial charge is 0.497 e. The number of carbonyl (C=O) groups excluding carboxylic acids is 1. The van der Waals surface area contributed by atoms with E-state index >= 15 is 0 Å². The van der Waals surface area contributed by atoms with E-state index in [4.69, 9.17) is 14.0 Å². The molecule has 0 amide bonds. The number of aromatic nitrogens is 1. The number of Topliss-reactive ketones (excluding diaryl/α,β-unsaturated/α-hetero) is 1. The summed E-state index contributed by atoms with van der Waals surface area (Å²) in [4.78, 5) is 15.3. The van der Waals surface area contributed by atoms with Crippen LogP contribution in [0.25, 0.3) is 0 Å². The Hall–Kier alpha value is -2.90. The molecule has 0 spiro atoms. The van der Waals surface area contributed by atoms with Crippen molar-refractivity contribution in [2.45, 2.75) is 18.2 Å². The predicted octanol–water partition coefficient (Wildman–Crippen LogP) is 2.50. The van der Waals surface area contributed by atoms with E-state index < -0.39 is 23.3 Å². The van der Waals surface area contributed by atoms with Crippen LogP contribution in [0.5, 0.6) is 5.88 Å². The zero-order chi connectivity index (χ0) is 19.9. The maximum atomic E-state index is 13.4. The molecule has 146 valence electrons. The summed E-state index contributed by atoms with van der Waals surface area (Å²) in [6.45, 7) is 0.231. The minimum atomic E-state index is -1.85. The van der Waals surface area contributed by atoms with Crippen molar-refractivity contribution in [1.29, 1.82) is 0 Å². The van der Waals surface area contributed by atoms with Gasteiger partial charge < -0.3 is 19.1 Å². The fraction of sp³-hybridized carbons (Fsp3) is 0.333. The van der Waals surface area contributed by atoms with E-state index in [-0.39, 0.29) is 23.8 Å². The Morgan fingerprint density at radius 3 is 2.71 bits per heavy atom. The second kappa shape index (κ2) is 6.92. The van der Waals surface area contributed by atoms with Crippen molar-refractivity contribution < 1.29 is 23.9 Å². The van der Waals surface area contributed by atoms with Crippen LogP contribution in [-0.4, -0.2) is 47.8 Å². The molecule has 1 heterocycles. The number of rotatable bonds is 5. The lowest BCUT2D eigenvalue weighted by molar-refractivity contribution is -0.0305. The third kappa shape index (κ3) is 2.66. The Morgan fingerprint density at radius 1 is 1.29 bits per heavy atom. The van der Waals surface area contributed by atoms with Crippen molar-refractivity contribution in [3.63, 3.8) is 0 Å². The number of benzene rings is 1. The van der Waals surface area contributed by atoms with E-state index in [1.54, 1.807) is 18.2 Å². The molecule has 1 aromatic heterocycles. The Morgan fingerprint density at radius 2 is 2.04 bits per heavy atom. The smallest absolute Gasteiger partial charge is 0.265 e. The quantitative estimate of drug-likeness (QED) is 0.850. The number of methoxy groups -OCH3 is 1. The summed E-state index contributed by atoms with van der Waals surface area (Å²) in [5.41, 5.74) is -0.755. The summed E-state index contributed by atoms with van der Waals surface area (Å²) in [6, 6.07) is 9.14. The van der Waals surface area contributed by atoms with Crippen LogP contribution in [0.4, 0.5) is 0 Å². The summed E-state index contributed by atoms with van der Waals surface area (Å²) in [5, 5.41) is 15.5. The molecule has 0 bridgehead atoms. The van der Waals surface area contributed by atoms with Crippen LogP contribution in [0, 0.1) is 5.92 Å². The maximum absolute atomic E-state index is 13.4. The number of ketones is 1. The van der Waals surface area contributed by atoms with Gasteiger partial charge in [0, 0.05) is 5.92 Å². The fourth-order valence-corrected chi connectivity index (χ4v) is 3.95. The number of hydrogen-bond donors (Lipinski definition) is 1. The molecule has 0 radical (unpaired) electrons. The average Bonchev–Trinajstić information content (AvgIpc) is 3.11. The van der Waals surface area contributed by atoms with Crippen molar-refractivity contribution in [2.24, 2.45) is 5.92 Å². The maximum Gasteiger partial charge on any atom is 0.265 e. The minimum Gasteiger partial charge on any atom is -0.497 e. The molecule has 28 heavy (non-hydrogen) atoms. The molecule has 0 fully saturated rings. The number of allylic oxidation sites excluding steroid dienone is 2. The second-order valence-electron chi connectivity index (χ2n) is 7.15. The van der Waals surface area contributed by atoms with Crippen LogP contribution >= 0.6 is 0 Å². The molecular weight excluding hydrogens is 360 g/mol. The van der Waals surface area contributed by atoms with Gasteiger partial charge in [-0.1, -0.05) is 42.5 Å². The first-order valence-corrected chi connectivity index (χ1v) is 9.01. The molecule has 1 aromatic carbocycles. The van der Waals surface area contributed by atoms with Crippen molar-refractivity contribution in [3.05, 3.63) is 71.2 Å². The molecule has 7 heteroatoms. The lowest BCUT2D eigenvalue weighted by Gasteiger charge is -2.44. The van der Waals surface area contributed by atoms with Gasteiger partial charge in [-0.25, -0.2) is 0 Å². The standard InChI is InChI=1S/C21H22N2O5/c1-23(2)17-14-10-7-11-15(26-3)21(14,25)19(24)16-18(17)28-22-20(16)27-12-13-8-5-4-6-9-13/h4-11,14,17,25H,12H2,1-3H3/t14-,17-,21-/m0/s1. The summed E-state index contributed by atoms with van der Waals surface area (Å²) < 4.78 is 16.7. The highest BCUT2D eigenvalue weighted by Crippen LogP contribution is 2.50. The monoisotopic (exact) mass is 382 g/mol. The van der Waals surface area contributed by atoms with Crippen molar-refractivity contribution >= 4 is 5.78 Å². The molecular formula is C21H22N2O5. The highest BCUT2D eigenvalue weighted by molar-refractivity contribution is 6.08. The Bertz CT molecular complexity index is 947. The first-order chi connectivity index (χ1) is 13.5. The van der Waals surface area contributed by atoms with E-state index in [1.165, 1.54) is 7.11 Å². The lowest BCUT2D eigenvalue weighted by atomic mass is 9.68. The lowest BCUT2D eigenvalue weighted by Crippen LogP contribution is -2.55.